The maximum Gasteiger partial charge on any atom is 0.251 e. The zero-order chi connectivity index (χ0) is 13.7. The highest BCUT2D eigenvalue weighted by Crippen LogP contribution is 2.21. The van der Waals surface area contributed by atoms with Crippen molar-refractivity contribution in [2.75, 3.05) is 26.9 Å². The van der Waals surface area contributed by atoms with Crippen molar-refractivity contribution in [3.8, 4) is 5.75 Å². The first kappa shape index (κ1) is 13.8. The third-order valence-electron chi connectivity index (χ3n) is 3.46. The number of carbonyl (C=O) groups is 1. The Hall–Kier alpha value is -1.59. The van der Waals surface area contributed by atoms with Crippen LogP contribution in [0.5, 0.6) is 5.75 Å². The second-order valence-corrected chi connectivity index (χ2v) is 4.74. The van der Waals surface area contributed by atoms with Crippen LogP contribution in [-0.4, -0.2) is 43.5 Å². The van der Waals surface area contributed by atoms with Gasteiger partial charge in [0.1, 0.15) is 5.75 Å². The standard InChI is InChI=1S/C14H19NO4/c1-18-12-4-2-3-11(9-12)13(17)15-14(10-16)5-7-19-8-6-14/h2-4,9,16H,5-8,10H2,1H3,(H,15,17). The molecule has 1 aromatic rings. The summed E-state index contributed by atoms with van der Waals surface area (Å²) in [5, 5.41) is 12.5. The molecule has 1 fully saturated rings. The van der Waals surface area contributed by atoms with E-state index in [1.807, 2.05) is 0 Å². The summed E-state index contributed by atoms with van der Waals surface area (Å²) in [7, 11) is 1.56. The molecule has 19 heavy (non-hydrogen) atoms. The molecule has 2 rings (SSSR count). The lowest BCUT2D eigenvalue weighted by molar-refractivity contribution is 0.0125. The smallest absolute Gasteiger partial charge is 0.251 e. The molecule has 0 aromatic heterocycles. The Kier molecular flexibility index (Phi) is 4.39. The summed E-state index contributed by atoms with van der Waals surface area (Å²) in [6.07, 6.45) is 1.25. The summed E-state index contributed by atoms with van der Waals surface area (Å²) in [5.74, 6) is 0.438. The van der Waals surface area contributed by atoms with E-state index < -0.39 is 5.54 Å². The molecule has 1 aliphatic rings. The number of nitrogens with one attached hydrogen (secondary N) is 1. The molecule has 104 valence electrons. The van der Waals surface area contributed by atoms with E-state index in [9.17, 15) is 9.90 Å². The Morgan fingerprint density at radius 2 is 2.21 bits per heavy atom. The van der Waals surface area contributed by atoms with Gasteiger partial charge in [0.25, 0.3) is 5.91 Å². The number of hydrogen-bond donors (Lipinski definition) is 2. The Balaban J connectivity index is 2.10. The van der Waals surface area contributed by atoms with E-state index in [1.54, 1.807) is 31.4 Å². The van der Waals surface area contributed by atoms with Crippen molar-refractivity contribution < 1.29 is 19.4 Å². The Morgan fingerprint density at radius 1 is 1.47 bits per heavy atom. The van der Waals surface area contributed by atoms with Crippen molar-refractivity contribution >= 4 is 5.91 Å². The van der Waals surface area contributed by atoms with Crippen LogP contribution in [0.2, 0.25) is 0 Å². The lowest BCUT2D eigenvalue weighted by Crippen LogP contribution is -2.54. The molecule has 5 heteroatoms. The third-order valence-corrected chi connectivity index (χ3v) is 3.46. The van der Waals surface area contributed by atoms with Gasteiger partial charge in [-0.15, -0.1) is 0 Å². The van der Waals surface area contributed by atoms with E-state index in [-0.39, 0.29) is 12.5 Å². The Bertz CT molecular complexity index is 441. The van der Waals surface area contributed by atoms with E-state index >= 15 is 0 Å². The van der Waals surface area contributed by atoms with Gasteiger partial charge in [-0.1, -0.05) is 6.07 Å². The maximum absolute atomic E-state index is 12.2. The number of aliphatic hydroxyl groups is 1. The predicted molar refractivity (Wildman–Crippen MR) is 70.3 cm³/mol. The molecule has 0 saturated carbocycles. The van der Waals surface area contributed by atoms with Crippen molar-refractivity contribution in [3.63, 3.8) is 0 Å². The molecule has 0 aliphatic carbocycles. The van der Waals surface area contributed by atoms with Crippen LogP contribution in [0.3, 0.4) is 0 Å². The van der Waals surface area contributed by atoms with Crippen molar-refractivity contribution in [3.05, 3.63) is 29.8 Å². The van der Waals surface area contributed by atoms with E-state index in [2.05, 4.69) is 5.32 Å². The van der Waals surface area contributed by atoms with Crippen LogP contribution in [0.1, 0.15) is 23.2 Å². The molecule has 1 saturated heterocycles. The van der Waals surface area contributed by atoms with Gasteiger partial charge in [0.05, 0.1) is 19.3 Å². The van der Waals surface area contributed by atoms with Gasteiger partial charge in [0, 0.05) is 18.8 Å². The summed E-state index contributed by atoms with van der Waals surface area (Å²) in [4.78, 5) is 12.2. The van der Waals surface area contributed by atoms with Gasteiger partial charge in [-0.25, -0.2) is 0 Å². The lowest BCUT2D eigenvalue weighted by atomic mass is 9.90. The van der Waals surface area contributed by atoms with Gasteiger partial charge in [0.15, 0.2) is 0 Å². The summed E-state index contributed by atoms with van der Waals surface area (Å²) >= 11 is 0. The number of amides is 1. The van der Waals surface area contributed by atoms with Gasteiger partial charge in [0.2, 0.25) is 0 Å². The Labute approximate surface area is 112 Å². The van der Waals surface area contributed by atoms with E-state index in [4.69, 9.17) is 9.47 Å². The fourth-order valence-corrected chi connectivity index (χ4v) is 2.16. The van der Waals surface area contributed by atoms with E-state index in [1.165, 1.54) is 0 Å². The molecular weight excluding hydrogens is 246 g/mol. The average Bonchev–Trinajstić information content (AvgIpc) is 2.48. The van der Waals surface area contributed by atoms with Crippen molar-refractivity contribution in [2.24, 2.45) is 0 Å². The normalized spacial score (nSPS) is 17.8. The van der Waals surface area contributed by atoms with Crippen LogP contribution in [-0.2, 0) is 4.74 Å². The minimum Gasteiger partial charge on any atom is -0.497 e. The van der Waals surface area contributed by atoms with Crippen molar-refractivity contribution in [2.45, 2.75) is 18.4 Å². The van der Waals surface area contributed by atoms with Crippen LogP contribution in [0, 0.1) is 0 Å². The molecule has 0 atom stereocenters. The summed E-state index contributed by atoms with van der Waals surface area (Å²) < 4.78 is 10.4. The minimum atomic E-state index is -0.571. The van der Waals surface area contributed by atoms with Crippen LogP contribution in [0.4, 0.5) is 0 Å². The van der Waals surface area contributed by atoms with E-state index in [0.29, 0.717) is 37.4 Å². The highest BCUT2D eigenvalue weighted by Gasteiger charge is 2.33. The number of carbonyl (C=O) groups excluding carboxylic acids is 1. The fraction of sp³-hybridized carbons (Fsp3) is 0.500. The number of rotatable bonds is 4. The largest absolute Gasteiger partial charge is 0.497 e. The lowest BCUT2D eigenvalue weighted by Gasteiger charge is -2.36. The molecule has 1 aliphatic heterocycles. The molecule has 1 amide bonds. The summed E-state index contributed by atoms with van der Waals surface area (Å²) in [6.45, 7) is 1.03. The van der Waals surface area contributed by atoms with E-state index in [0.717, 1.165) is 0 Å². The van der Waals surface area contributed by atoms with Gasteiger partial charge >= 0.3 is 0 Å². The predicted octanol–water partition coefficient (Wildman–Crippen LogP) is 0.967. The first-order valence-corrected chi connectivity index (χ1v) is 6.34. The minimum absolute atomic E-state index is 0.0773. The highest BCUT2D eigenvalue weighted by molar-refractivity contribution is 5.95. The number of benzene rings is 1. The maximum atomic E-state index is 12.2. The molecule has 0 bridgehead atoms. The van der Waals surface area contributed by atoms with Crippen LogP contribution < -0.4 is 10.1 Å². The van der Waals surface area contributed by atoms with Crippen LogP contribution in [0.25, 0.3) is 0 Å². The zero-order valence-electron chi connectivity index (χ0n) is 11.0. The van der Waals surface area contributed by atoms with Crippen molar-refractivity contribution in [1.29, 1.82) is 0 Å². The fourth-order valence-electron chi connectivity index (χ4n) is 2.16. The van der Waals surface area contributed by atoms with Crippen molar-refractivity contribution in [1.82, 2.24) is 5.32 Å². The summed E-state index contributed by atoms with van der Waals surface area (Å²) in [6, 6.07) is 6.96. The monoisotopic (exact) mass is 265 g/mol. The molecule has 1 heterocycles. The van der Waals surface area contributed by atoms with Crippen LogP contribution >= 0.6 is 0 Å². The third kappa shape index (κ3) is 3.24. The molecule has 0 radical (unpaired) electrons. The van der Waals surface area contributed by atoms with Gasteiger partial charge in [-0.2, -0.15) is 0 Å². The van der Waals surface area contributed by atoms with Gasteiger partial charge in [-0.05, 0) is 31.0 Å². The molecule has 0 spiro atoms. The quantitative estimate of drug-likeness (QED) is 0.851. The molecule has 1 aromatic carbocycles. The molecule has 5 nitrogen and oxygen atoms in total. The first-order valence-electron chi connectivity index (χ1n) is 6.34. The SMILES string of the molecule is COc1cccc(C(=O)NC2(CO)CCOCC2)c1. The highest BCUT2D eigenvalue weighted by atomic mass is 16.5. The van der Waals surface area contributed by atoms with Gasteiger partial charge in [-0.3, -0.25) is 4.79 Å². The van der Waals surface area contributed by atoms with Crippen LogP contribution in [0.15, 0.2) is 24.3 Å². The topological polar surface area (TPSA) is 67.8 Å². The summed E-state index contributed by atoms with van der Waals surface area (Å²) in [5.41, 5.74) is -0.0445. The Morgan fingerprint density at radius 3 is 2.84 bits per heavy atom. The molecule has 2 N–H and O–H groups in total. The second kappa shape index (κ2) is 6.04. The number of methoxy groups -OCH3 is 1. The number of aliphatic hydroxyl groups excluding tert-OH is 1. The molecular formula is C14H19NO4. The zero-order valence-corrected chi connectivity index (χ0v) is 11.0. The second-order valence-electron chi connectivity index (χ2n) is 4.74. The van der Waals surface area contributed by atoms with Gasteiger partial charge < -0.3 is 19.9 Å². The number of ether oxygens (including phenoxy) is 2. The first-order chi connectivity index (χ1) is 9.19. The molecule has 0 unspecified atom stereocenters. The number of hydrogen-bond acceptors (Lipinski definition) is 4. The average molecular weight is 265 g/mol.